The van der Waals surface area contributed by atoms with Gasteiger partial charge in [0.25, 0.3) is 0 Å². The van der Waals surface area contributed by atoms with E-state index in [4.69, 9.17) is 32.8 Å². The fraction of sp³-hybridized carbons (Fsp3) is 0.847. The van der Waals surface area contributed by atoms with E-state index in [1.54, 1.807) is 30.0 Å². The first-order valence-corrected chi connectivity index (χ1v) is 36.0. The highest BCUT2D eigenvalue weighted by molar-refractivity contribution is 8.20. The van der Waals surface area contributed by atoms with Crippen LogP contribution in [0.2, 0.25) is 0 Å². The third-order valence-electron chi connectivity index (χ3n) is 11.2. The summed E-state index contributed by atoms with van der Waals surface area (Å²) in [6.07, 6.45) is 12.5. The Bertz CT molecular complexity index is 1510. The van der Waals surface area contributed by atoms with Crippen molar-refractivity contribution in [1.29, 1.82) is 0 Å². The van der Waals surface area contributed by atoms with E-state index in [0.717, 1.165) is 78.8 Å². The highest BCUT2D eigenvalue weighted by Crippen LogP contribution is 2.37. The van der Waals surface area contributed by atoms with Gasteiger partial charge < -0.3 is 37.8 Å². The first-order valence-electron chi connectivity index (χ1n) is 28.8. The smallest absolute Gasteiger partial charge is 0.196 e. The maximum Gasteiger partial charge on any atom is 0.196 e. The summed E-state index contributed by atoms with van der Waals surface area (Å²) in [5, 5.41) is 3.24. The maximum absolute atomic E-state index is 5.50. The molecule has 6 aliphatic heterocycles. The summed E-state index contributed by atoms with van der Waals surface area (Å²) in [5.41, 5.74) is 0.953. The predicted octanol–water partition coefficient (Wildman–Crippen LogP) is 17.8. The van der Waals surface area contributed by atoms with E-state index in [1.165, 1.54) is 52.4 Å². The van der Waals surface area contributed by atoms with Crippen LogP contribution in [0.4, 0.5) is 0 Å². The van der Waals surface area contributed by atoms with Crippen molar-refractivity contribution in [2.75, 3.05) is 74.2 Å². The van der Waals surface area contributed by atoms with Crippen molar-refractivity contribution in [3.8, 4) is 0 Å². The molecule has 11 nitrogen and oxygen atoms in total. The summed E-state index contributed by atoms with van der Waals surface area (Å²) in [4.78, 5) is 15.2. The molecular weight excluding hydrogens is 1100 g/mol. The quantitative estimate of drug-likeness (QED) is 0.218. The molecule has 2 unspecified atom stereocenters. The van der Waals surface area contributed by atoms with Crippen LogP contribution in [0, 0.1) is 41.4 Å². The Morgan fingerprint density at radius 3 is 1.25 bits per heavy atom. The van der Waals surface area contributed by atoms with Gasteiger partial charge in [-0.15, -0.1) is 81.9 Å². The van der Waals surface area contributed by atoms with Gasteiger partial charge in [0.2, 0.25) is 0 Å². The minimum absolute atomic E-state index is 0.0381. The van der Waals surface area contributed by atoms with Gasteiger partial charge in [0.05, 0.1) is 53.4 Å². The van der Waals surface area contributed by atoms with E-state index in [9.17, 15) is 0 Å². The van der Waals surface area contributed by atoms with Gasteiger partial charge in [-0.1, -0.05) is 132 Å². The number of thioether (sulfide) groups is 6. The number of aromatic nitrogens is 4. The largest absolute Gasteiger partial charge is 0.449 e. The van der Waals surface area contributed by atoms with Crippen molar-refractivity contribution < 1.29 is 32.8 Å². The monoisotopic (exact) mass is 1210 g/mol. The SMILES string of the molecule is CC(C)C1OCCCO1.CC(C)C1OCCCS1.CC(C)C1OCCS1.CC(C)C1SCCCS1.CC(C)C1SCCS1.CC(C)c1ncc[nH]1.CC(C)c1ncco1.CC(C)c1nccs1.CC1COC(C(C)C)OC1. The number of thiazole rings is 1. The molecule has 1 N–H and O–H groups in total. The van der Waals surface area contributed by atoms with Crippen molar-refractivity contribution in [2.45, 2.75) is 201 Å². The lowest BCUT2D eigenvalue weighted by molar-refractivity contribution is -0.216. The molecular formula is C59H110N4O7S7. The summed E-state index contributed by atoms with van der Waals surface area (Å²) >= 11 is 14.1. The Morgan fingerprint density at radius 1 is 0.455 bits per heavy atom. The molecule has 3 aromatic rings. The van der Waals surface area contributed by atoms with Gasteiger partial charge in [-0.3, -0.25) is 0 Å². The van der Waals surface area contributed by atoms with Gasteiger partial charge in [0, 0.05) is 83.3 Å². The molecule has 0 amide bonds. The van der Waals surface area contributed by atoms with Crippen LogP contribution >= 0.6 is 81.9 Å². The van der Waals surface area contributed by atoms with Crippen LogP contribution in [0.3, 0.4) is 0 Å². The highest BCUT2D eigenvalue weighted by atomic mass is 32.2. The number of nitrogens with zero attached hydrogens (tertiary/aromatic N) is 3. The zero-order chi connectivity index (χ0) is 57.5. The summed E-state index contributed by atoms with van der Waals surface area (Å²) in [6.45, 7) is 46.6. The van der Waals surface area contributed by atoms with Crippen molar-refractivity contribution in [2.24, 2.45) is 41.4 Å². The number of oxazole rings is 1. The average Bonchev–Trinajstić information content (AvgIpc) is 4.28. The molecule has 0 radical (unpaired) electrons. The predicted molar refractivity (Wildman–Crippen MR) is 345 cm³/mol. The molecule has 450 valence electrons. The summed E-state index contributed by atoms with van der Waals surface area (Å²) < 4.78 is 39.1. The second-order valence-corrected chi connectivity index (χ2v) is 31.3. The van der Waals surface area contributed by atoms with Gasteiger partial charge in [-0.25, -0.2) is 15.0 Å². The van der Waals surface area contributed by atoms with Crippen LogP contribution in [0.15, 0.2) is 40.8 Å². The number of H-pyrrole nitrogens is 1. The number of hydrogen-bond donors (Lipinski definition) is 1. The molecule has 9 heterocycles. The summed E-state index contributed by atoms with van der Waals surface area (Å²) in [5.74, 6) is 16.0. The number of imidazole rings is 1. The van der Waals surface area contributed by atoms with Crippen LogP contribution < -0.4 is 0 Å². The fourth-order valence-corrected chi connectivity index (χ4v) is 15.5. The van der Waals surface area contributed by atoms with E-state index < -0.39 is 0 Å². The molecule has 6 saturated heterocycles. The number of ether oxygens (including phenoxy) is 6. The van der Waals surface area contributed by atoms with E-state index in [2.05, 4.69) is 185 Å². The van der Waals surface area contributed by atoms with Crippen LogP contribution in [0.25, 0.3) is 0 Å². The highest BCUT2D eigenvalue weighted by Gasteiger charge is 2.23. The minimum atomic E-state index is 0.0381. The zero-order valence-corrected chi connectivity index (χ0v) is 57.1. The van der Waals surface area contributed by atoms with Gasteiger partial charge in [-0.05, 0) is 60.2 Å². The Hall–Kier alpha value is -0.0900. The van der Waals surface area contributed by atoms with Crippen molar-refractivity contribution in [3.05, 3.63) is 53.2 Å². The average molecular weight is 1210 g/mol. The van der Waals surface area contributed by atoms with E-state index >= 15 is 0 Å². The Labute approximate surface area is 501 Å². The van der Waals surface area contributed by atoms with Crippen molar-refractivity contribution >= 4 is 81.9 Å². The molecule has 3 aromatic heterocycles. The zero-order valence-electron chi connectivity index (χ0n) is 51.4. The third kappa shape index (κ3) is 37.7. The molecule has 18 heteroatoms. The minimum Gasteiger partial charge on any atom is -0.449 e. The number of aromatic amines is 1. The van der Waals surface area contributed by atoms with Gasteiger partial charge in [-0.2, -0.15) is 0 Å². The van der Waals surface area contributed by atoms with Crippen LogP contribution in [-0.2, 0) is 28.4 Å². The molecule has 0 spiro atoms. The lowest BCUT2D eigenvalue weighted by Gasteiger charge is -2.29. The third-order valence-corrected chi connectivity index (χ3v) is 22.5. The van der Waals surface area contributed by atoms with E-state index in [-0.39, 0.29) is 12.6 Å². The second-order valence-electron chi connectivity index (χ2n) is 22.4. The molecule has 77 heavy (non-hydrogen) atoms. The van der Waals surface area contributed by atoms with Crippen LogP contribution in [0.1, 0.15) is 185 Å². The first-order chi connectivity index (χ1) is 36.6. The van der Waals surface area contributed by atoms with Crippen LogP contribution in [0.5, 0.6) is 0 Å². The van der Waals surface area contributed by atoms with Crippen molar-refractivity contribution in [1.82, 2.24) is 19.9 Å². The van der Waals surface area contributed by atoms with Gasteiger partial charge in [0.1, 0.15) is 23.0 Å². The summed E-state index contributed by atoms with van der Waals surface area (Å²) in [6, 6.07) is 0. The molecule has 0 saturated carbocycles. The molecule has 6 aliphatic rings. The van der Waals surface area contributed by atoms with Gasteiger partial charge in [0.15, 0.2) is 18.5 Å². The van der Waals surface area contributed by atoms with Crippen LogP contribution in [-0.4, -0.2) is 127 Å². The molecule has 0 bridgehead atoms. The van der Waals surface area contributed by atoms with E-state index in [0.29, 0.717) is 58.2 Å². The maximum atomic E-state index is 5.50. The van der Waals surface area contributed by atoms with E-state index in [1.807, 2.05) is 55.1 Å². The molecule has 2 atom stereocenters. The number of rotatable bonds is 9. The second kappa shape index (κ2) is 46.3. The molecule has 9 rings (SSSR count). The first kappa shape index (κ1) is 74.9. The van der Waals surface area contributed by atoms with Gasteiger partial charge >= 0.3 is 0 Å². The lowest BCUT2D eigenvalue weighted by Crippen LogP contribution is -2.33. The Morgan fingerprint density at radius 2 is 0.961 bits per heavy atom. The topological polar surface area (TPSA) is 123 Å². The number of nitrogens with one attached hydrogen (secondary N) is 1. The number of hydrogen-bond acceptors (Lipinski definition) is 17. The Balaban J connectivity index is 0.000000434. The standard InChI is InChI=1S/C8H16O2.C7H14O2.C7H14OS.C7H14S2.C6H10N2.C6H9NO.C6H9NS.C6H12OS.C6H12S2/c1-6(2)8-9-4-7(3)5-10-8;3*1-6(2)7-8-4-3-5-9-7;5*1-5(2)6-7-3-4-8-6/h6-8H,4-5H2,1-3H3;3*6-7H,3-5H2,1-2H3;3-5H,1-2H3,(H,7,8);2*3-5H,1-2H3;2*5-6H,3-4H2,1-2H3. The molecule has 6 fully saturated rings. The van der Waals surface area contributed by atoms with Crippen molar-refractivity contribution in [3.63, 3.8) is 0 Å². The summed E-state index contributed by atoms with van der Waals surface area (Å²) in [7, 11) is 0. The Kier molecular flexibility index (Phi) is 45.1. The molecule has 0 aliphatic carbocycles. The normalized spacial score (nSPS) is 22.0. The molecule has 0 aromatic carbocycles. The fourth-order valence-electron chi connectivity index (χ4n) is 6.83. The lowest BCUT2D eigenvalue weighted by atomic mass is 10.1.